The molecule has 4 nitrogen and oxygen atoms in total. The van der Waals surface area contributed by atoms with Gasteiger partial charge in [-0.2, -0.15) is 0 Å². The van der Waals surface area contributed by atoms with Crippen molar-refractivity contribution in [3.63, 3.8) is 0 Å². The predicted molar refractivity (Wildman–Crippen MR) is 63.6 cm³/mol. The summed E-state index contributed by atoms with van der Waals surface area (Å²) in [5.41, 5.74) is 0.375. The molecule has 1 aromatic heterocycles. The average Bonchev–Trinajstić information content (AvgIpc) is 3.01. The van der Waals surface area contributed by atoms with Gasteiger partial charge in [-0.05, 0) is 34.8 Å². The number of carbonyl (C=O) groups excluding carboxylic acids is 1. The molecule has 1 saturated carbocycles. The fraction of sp³-hybridized carbons (Fsp3) is 0.455. The highest BCUT2D eigenvalue weighted by molar-refractivity contribution is 9.10. The number of rotatable bonds is 3. The third-order valence-electron chi connectivity index (χ3n) is 2.25. The van der Waals surface area contributed by atoms with E-state index in [0.717, 1.165) is 17.3 Å². The lowest BCUT2D eigenvalue weighted by Crippen LogP contribution is -2.23. The summed E-state index contributed by atoms with van der Waals surface area (Å²) in [6.07, 6.45) is 3.98. The second-order valence-corrected chi connectivity index (χ2v) is 4.93. The molecule has 2 rings (SSSR count). The summed E-state index contributed by atoms with van der Waals surface area (Å²) in [5.74, 6) is 0.429. The van der Waals surface area contributed by atoms with Crippen LogP contribution < -0.4 is 4.74 Å². The fourth-order valence-electron chi connectivity index (χ4n) is 1.25. The number of hydrogen-bond acceptors (Lipinski definition) is 3. The van der Waals surface area contributed by atoms with E-state index in [1.54, 1.807) is 26.4 Å². The van der Waals surface area contributed by atoms with E-state index in [1.165, 1.54) is 4.90 Å². The molecular weight excluding hydrogens is 272 g/mol. The van der Waals surface area contributed by atoms with Crippen LogP contribution in [0.25, 0.3) is 0 Å². The van der Waals surface area contributed by atoms with Gasteiger partial charge in [-0.3, -0.25) is 4.79 Å². The molecule has 1 fully saturated rings. The number of hydrogen-bond donors (Lipinski definition) is 0. The van der Waals surface area contributed by atoms with Crippen LogP contribution in [-0.2, 0) is 0 Å². The van der Waals surface area contributed by atoms with Crippen LogP contribution in [0.4, 0.5) is 0 Å². The Hall–Kier alpha value is -1.10. The molecule has 0 N–H and O–H groups in total. The third-order valence-corrected chi connectivity index (χ3v) is 2.68. The summed E-state index contributed by atoms with van der Waals surface area (Å²) in [7, 11) is 3.40. The van der Waals surface area contributed by atoms with Gasteiger partial charge in [0.15, 0.2) is 11.4 Å². The van der Waals surface area contributed by atoms with E-state index in [4.69, 9.17) is 4.74 Å². The minimum absolute atomic E-state index is 0.136. The smallest absolute Gasteiger partial charge is 0.275 e. The minimum Gasteiger partial charge on any atom is -0.488 e. The Morgan fingerprint density at radius 2 is 2.25 bits per heavy atom. The lowest BCUT2D eigenvalue weighted by Gasteiger charge is -2.13. The Kier molecular flexibility index (Phi) is 3.14. The molecule has 0 radical (unpaired) electrons. The van der Waals surface area contributed by atoms with E-state index in [0.29, 0.717) is 11.4 Å². The molecule has 1 amide bonds. The van der Waals surface area contributed by atoms with Crippen molar-refractivity contribution in [2.45, 2.75) is 18.9 Å². The van der Waals surface area contributed by atoms with Crippen LogP contribution in [0.2, 0.25) is 0 Å². The zero-order valence-electron chi connectivity index (χ0n) is 9.24. The van der Waals surface area contributed by atoms with Crippen LogP contribution in [0.15, 0.2) is 16.7 Å². The maximum absolute atomic E-state index is 11.8. The molecule has 0 unspecified atom stereocenters. The maximum Gasteiger partial charge on any atom is 0.275 e. The van der Waals surface area contributed by atoms with Gasteiger partial charge in [-0.25, -0.2) is 4.98 Å². The third kappa shape index (κ3) is 2.52. The zero-order chi connectivity index (χ0) is 11.7. The van der Waals surface area contributed by atoms with Crippen molar-refractivity contribution in [2.75, 3.05) is 14.1 Å². The highest BCUT2D eigenvalue weighted by atomic mass is 79.9. The fourth-order valence-corrected chi connectivity index (χ4v) is 1.56. The van der Waals surface area contributed by atoms with Gasteiger partial charge in [0.25, 0.3) is 5.91 Å². The summed E-state index contributed by atoms with van der Waals surface area (Å²) in [6, 6.07) is 1.79. The molecule has 0 saturated heterocycles. The molecule has 0 bridgehead atoms. The monoisotopic (exact) mass is 284 g/mol. The van der Waals surface area contributed by atoms with Crippen LogP contribution in [0.1, 0.15) is 23.3 Å². The van der Waals surface area contributed by atoms with Gasteiger partial charge >= 0.3 is 0 Å². The summed E-state index contributed by atoms with van der Waals surface area (Å²) >= 11 is 3.33. The molecule has 86 valence electrons. The SMILES string of the molecule is CN(C)C(=O)c1ncc(Br)cc1OC1CC1. The topological polar surface area (TPSA) is 42.4 Å². The Morgan fingerprint density at radius 1 is 1.56 bits per heavy atom. The first-order valence-corrected chi connectivity index (χ1v) is 5.91. The first-order chi connectivity index (χ1) is 7.58. The van der Waals surface area contributed by atoms with Gasteiger partial charge < -0.3 is 9.64 Å². The van der Waals surface area contributed by atoms with Gasteiger partial charge in [0.1, 0.15) is 0 Å². The molecule has 16 heavy (non-hydrogen) atoms. The number of amides is 1. The van der Waals surface area contributed by atoms with Crippen molar-refractivity contribution in [1.29, 1.82) is 0 Å². The van der Waals surface area contributed by atoms with E-state index >= 15 is 0 Å². The maximum atomic E-state index is 11.8. The Morgan fingerprint density at radius 3 is 2.81 bits per heavy atom. The summed E-state index contributed by atoms with van der Waals surface area (Å²) < 4.78 is 6.49. The van der Waals surface area contributed by atoms with Crippen molar-refractivity contribution in [3.8, 4) is 5.75 Å². The first kappa shape index (κ1) is 11.4. The molecule has 0 spiro atoms. The van der Waals surface area contributed by atoms with E-state index in [1.807, 2.05) is 0 Å². The predicted octanol–water partition coefficient (Wildman–Crippen LogP) is 2.09. The molecule has 5 heteroatoms. The van der Waals surface area contributed by atoms with E-state index in [9.17, 15) is 4.79 Å². The lowest BCUT2D eigenvalue weighted by molar-refractivity contribution is 0.0816. The number of ether oxygens (including phenoxy) is 1. The van der Waals surface area contributed by atoms with E-state index in [-0.39, 0.29) is 12.0 Å². The molecule has 1 aliphatic carbocycles. The van der Waals surface area contributed by atoms with Crippen LogP contribution in [0.3, 0.4) is 0 Å². The van der Waals surface area contributed by atoms with Gasteiger partial charge in [0.2, 0.25) is 0 Å². The van der Waals surface area contributed by atoms with Crippen LogP contribution in [0, 0.1) is 0 Å². The normalized spacial score (nSPS) is 14.7. The molecule has 1 aromatic rings. The van der Waals surface area contributed by atoms with Crippen molar-refractivity contribution in [1.82, 2.24) is 9.88 Å². The standard InChI is InChI=1S/C11H13BrN2O2/c1-14(2)11(15)10-9(16-8-3-4-8)5-7(12)6-13-10/h5-6,8H,3-4H2,1-2H3. The molecular formula is C11H13BrN2O2. The second-order valence-electron chi connectivity index (χ2n) is 4.02. The van der Waals surface area contributed by atoms with Crippen molar-refractivity contribution in [3.05, 3.63) is 22.4 Å². The first-order valence-electron chi connectivity index (χ1n) is 5.12. The van der Waals surface area contributed by atoms with Crippen LogP contribution in [0.5, 0.6) is 5.75 Å². The molecule has 0 aromatic carbocycles. The summed E-state index contributed by atoms with van der Waals surface area (Å²) in [5, 5.41) is 0. The molecule has 0 atom stereocenters. The number of pyridine rings is 1. The minimum atomic E-state index is -0.136. The van der Waals surface area contributed by atoms with Crippen molar-refractivity contribution >= 4 is 21.8 Å². The summed E-state index contributed by atoms with van der Waals surface area (Å²) in [4.78, 5) is 17.5. The van der Waals surface area contributed by atoms with Gasteiger partial charge in [-0.15, -0.1) is 0 Å². The van der Waals surface area contributed by atoms with Gasteiger partial charge in [0.05, 0.1) is 6.10 Å². The number of halogens is 1. The van der Waals surface area contributed by atoms with Crippen LogP contribution in [-0.4, -0.2) is 36.0 Å². The van der Waals surface area contributed by atoms with Crippen LogP contribution >= 0.6 is 15.9 Å². The number of nitrogens with zero attached hydrogens (tertiary/aromatic N) is 2. The highest BCUT2D eigenvalue weighted by Crippen LogP contribution is 2.30. The highest BCUT2D eigenvalue weighted by Gasteiger charge is 2.26. The average molecular weight is 285 g/mol. The molecule has 0 aliphatic heterocycles. The molecule has 1 heterocycles. The van der Waals surface area contributed by atoms with Gasteiger partial charge in [0, 0.05) is 24.8 Å². The summed E-state index contributed by atoms with van der Waals surface area (Å²) in [6.45, 7) is 0. The Bertz CT molecular complexity index is 416. The Labute approximate surface area is 103 Å². The Balaban J connectivity index is 2.30. The number of aromatic nitrogens is 1. The van der Waals surface area contributed by atoms with E-state index in [2.05, 4.69) is 20.9 Å². The molecule has 1 aliphatic rings. The zero-order valence-corrected chi connectivity index (χ0v) is 10.8. The quantitative estimate of drug-likeness (QED) is 0.854. The lowest BCUT2D eigenvalue weighted by atomic mass is 10.3. The number of carbonyl (C=O) groups is 1. The van der Waals surface area contributed by atoms with Gasteiger partial charge in [-0.1, -0.05) is 0 Å². The van der Waals surface area contributed by atoms with Crippen molar-refractivity contribution < 1.29 is 9.53 Å². The van der Waals surface area contributed by atoms with E-state index < -0.39 is 0 Å². The largest absolute Gasteiger partial charge is 0.488 e. The second kappa shape index (κ2) is 4.41. The van der Waals surface area contributed by atoms with Crippen molar-refractivity contribution in [2.24, 2.45) is 0 Å².